The molecule has 2 fully saturated rings. The predicted octanol–water partition coefficient (Wildman–Crippen LogP) is 4.27. The van der Waals surface area contributed by atoms with Gasteiger partial charge in [-0.2, -0.15) is 0 Å². The van der Waals surface area contributed by atoms with Gasteiger partial charge in [-0.05, 0) is 67.3 Å². The van der Waals surface area contributed by atoms with Crippen LogP contribution in [0.15, 0.2) is 35.6 Å². The quantitative estimate of drug-likeness (QED) is 0.662. The number of amides is 1. The summed E-state index contributed by atoms with van der Waals surface area (Å²) in [7, 11) is 0. The summed E-state index contributed by atoms with van der Waals surface area (Å²) in [5.41, 5.74) is 1.99. The molecule has 1 aliphatic heterocycles. The minimum Gasteiger partial charge on any atom is -0.356 e. The topological polar surface area (TPSA) is 84.1 Å². The number of hydrogen-bond acceptors (Lipinski definition) is 6. The monoisotopic (exact) mass is 433 g/mol. The highest BCUT2D eigenvalue weighted by molar-refractivity contribution is 7.97. The van der Waals surface area contributed by atoms with Gasteiger partial charge in [0, 0.05) is 44.0 Å². The Labute approximate surface area is 178 Å². The van der Waals surface area contributed by atoms with Gasteiger partial charge in [0.1, 0.15) is 10.8 Å². The van der Waals surface area contributed by atoms with Crippen molar-refractivity contribution in [2.75, 3.05) is 23.3 Å². The molecule has 0 aromatic carbocycles. The van der Waals surface area contributed by atoms with Crippen molar-refractivity contribution < 1.29 is 13.6 Å². The Morgan fingerprint density at radius 2 is 2.10 bits per heavy atom. The van der Waals surface area contributed by atoms with Crippen molar-refractivity contribution in [1.82, 2.24) is 9.97 Å². The molecule has 1 amide bonds. The maximum absolute atomic E-state index is 13.8. The van der Waals surface area contributed by atoms with Gasteiger partial charge in [0.05, 0.1) is 5.56 Å². The van der Waals surface area contributed by atoms with E-state index in [-0.39, 0.29) is 25.3 Å². The van der Waals surface area contributed by atoms with Crippen molar-refractivity contribution in [2.24, 2.45) is 11.1 Å². The van der Waals surface area contributed by atoms with Gasteiger partial charge >= 0.3 is 0 Å². The zero-order valence-electron chi connectivity index (χ0n) is 16.6. The average Bonchev–Trinajstić information content (AvgIpc) is 3.56. The summed E-state index contributed by atoms with van der Waals surface area (Å²) in [4.78, 5) is 23.6. The van der Waals surface area contributed by atoms with Crippen LogP contribution >= 0.6 is 11.9 Å². The van der Waals surface area contributed by atoms with E-state index in [1.54, 1.807) is 24.5 Å². The van der Waals surface area contributed by atoms with Crippen LogP contribution in [-0.2, 0) is 6.42 Å². The fourth-order valence-corrected chi connectivity index (χ4v) is 4.03. The predicted molar refractivity (Wildman–Crippen MR) is 114 cm³/mol. The molecule has 9 heteroatoms. The summed E-state index contributed by atoms with van der Waals surface area (Å²) < 4.78 is 27.7. The fraction of sp³-hybridized carbons (Fsp3) is 0.476. The van der Waals surface area contributed by atoms with Gasteiger partial charge in [0.15, 0.2) is 0 Å². The zero-order valence-corrected chi connectivity index (χ0v) is 17.4. The zero-order chi connectivity index (χ0) is 21.1. The van der Waals surface area contributed by atoms with Crippen molar-refractivity contribution in [3.63, 3.8) is 0 Å². The SMILES string of the molecule is NSc1cc(NC(=O)c2cc(CC3CC3)cnc2N2CCCC(F)(F)CC2)ccn1. The lowest BCUT2D eigenvalue weighted by Gasteiger charge is -2.24. The van der Waals surface area contributed by atoms with Gasteiger partial charge in [0.2, 0.25) is 5.92 Å². The summed E-state index contributed by atoms with van der Waals surface area (Å²) in [6.45, 7) is 0.625. The number of pyridine rings is 2. The molecule has 160 valence electrons. The van der Waals surface area contributed by atoms with Crippen molar-refractivity contribution in [2.45, 2.75) is 49.5 Å². The van der Waals surface area contributed by atoms with Crippen molar-refractivity contribution in [1.29, 1.82) is 0 Å². The number of aromatic nitrogens is 2. The number of hydrogen-bond donors (Lipinski definition) is 2. The van der Waals surface area contributed by atoms with Crippen LogP contribution in [0.4, 0.5) is 20.3 Å². The first-order chi connectivity index (χ1) is 14.4. The standard InChI is InChI=1S/C21H25F2N5OS/c22-21(23)5-1-8-28(9-6-21)19-17(11-15(13-26-19)10-14-2-3-14)20(29)27-16-4-7-25-18(12-16)30-24/h4,7,11-14H,1-3,5-6,8-10,24H2,(H,25,27,29). The van der Waals surface area contributed by atoms with E-state index in [0.29, 0.717) is 41.0 Å². The number of halogens is 2. The summed E-state index contributed by atoms with van der Waals surface area (Å²) in [6, 6.07) is 5.24. The van der Waals surface area contributed by atoms with Gasteiger partial charge in [0.25, 0.3) is 5.91 Å². The maximum atomic E-state index is 13.8. The third kappa shape index (κ3) is 5.26. The molecule has 3 N–H and O–H groups in total. The number of rotatable bonds is 6. The molecule has 1 saturated heterocycles. The van der Waals surface area contributed by atoms with E-state index in [9.17, 15) is 13.6 Å². The third-order valence-electron chi connectivity index (χ3n) is 5.52. The minimum absolute atomic E-state index is 0.138. The Hall–Kier alpha value is -2.26. The molecule has 2 aromatic rings. The van der Waals surface area contributed by atoms with Crippen LogP contribution in [-0.4, -0.2) is 34.9 Å². The first kappa shape index (κ1) is 21.0. The number of alkyl halides is 2. The van der Waals surface area contributed by atoms with E-state index in [1.807, 2.05) is 11.0 Å². The molecule has 1 saturated carbocycles. The number of anilines is 2. The highest BCUT2D eigenvalue weighted by Crippen LogP contribution is 2.34. The second kappa shape index (κ2) is 8.85. The summed E-state index contributed by atoms with van der Waals surface area (Å²) in [6.07, 6.45) is 6.62. The first-order valence-corrected chi connectivity index (χ1v) is 11.1. The molecule has 0 bridgehead atoms. The molecule has 0 atom stereocenters. The van der Waals surface area contributed by atoms with Crippen molar-refractivity contribution in [3.05, 3.63) is 41.7 Å². The molecule has 6 nitrogen and oxygen atoms in total. The van der Waals surface area contributed by atoms with Gasteiger partial charge < -0.3 is 10.2 Å². The molecule has 0 unspecified atom stereocenters. The first-order valence-electron chi connectivity index (χ1n) is 10.2. The average molecular weight is 434 g/mol. The minimum atomic E-state index is -2.67. The normalized spacial score (nSPS) is 18.7. The van der Waals surface area contributed by atoms with Crippen LogP contribution < -0.4 is 15.4 Å². The fourth-order valence-electron chi connectivity index (χ4n) is 3.71. The molecule has 4 rings (SSSR count). The lowest BCUT2D eigenvalue weighted by atomic mass is 10.1. The maximum Gasteiger partial charge on any atom is 0.259 e. The molecular weight excluding hydrogens is 408 g/mol. The summed E-state index contributed by atoms with van der Waals surface area (Å²) >= 11 is 0.996. The molecule has 1 aliphatic carbocycles. The Morgan fingerprint density at radius 1 is 1.27 bits per heavy atom. The number of nitrogens with zero attached hydrogens (tertiary/aromatic N) is 3. The van der Waals surface area contributed by atoms with Crippen molar-refractivity contribution >= 4 is 29.4 Å². The Bertz CT molecular complexity index is 922. The second-order valence-corrected chi connectivity index (χ2v) is 8.67. The van der Waals surface area contributed by atoms with Crippen LogP contribution in [0, 0.1) is 5.92 Å². The number of nitrogens with one attached hydrogen (secondary N) is 1. The molecule has 3 heterocycles. The number of carbonyl (C=O) groups excluding carboxylic acids is 1. The third-order valence-corrected chi connectivity index (χ3v) is 5.99. The van der Waals surface area contributed by atoms with Crippen LogP contribution in [0.2, 0.25) is 0 Å². The highest BCUT2D eigenvalue weighted by atomic mass is 32.2. The Kier molecular flexibility index (Phi) is 6.19. The van der Waals surface area contributed by atoms with Crippen molar-refractivity contribution in [3.8, 4) is 0 Å². The van der Waals surface area contributed by atoms with Gasteiger partial charge in [-0.25, -0.2) is 18.7 Å². The van der Waals surface area contributed by atoms with Crippen LogP contribution in [0.5, 0.6) is 0 Å². The van der Waals surface area contributed by atoms with Gasteiger partial charge in [-0.3, -0.25) is 9.93 Å². The lowest BCUT2D eigenvalue weighted by molar-refractivity contribution is -0.0102. The second-order valence-electron chi connectivity index (χ2n) is 8.01. The summed E-state index contributed by atoms with van der Waals surface area (Å²) in [5, 5.41) is 9.02. The van der Waals surface area contributed by atoms with Crippen LogP contribution in [0.3, 0.4) is 0 Å². The molecule has 2 aromatic heterocycles. The molecule has 0 radical (unpaired) electrons. The van der Waals surface area contributed by atoms with E-state index in [0.717, 1.165) is 23.9 Å². The van der Waals surface area contributed by atoms with E-state index in [4.69, 9.17) is 5.14 Å². The van der Waals surface area contributed by atoms with Crippen LogP contribution in [0.25, 0.3) is 0 Å². The van der Waals surface area contributed by atoms with E-state index >= 15 is 0 Å². The molecule has 2 aliphatic rings. The number of nitrogens with two attached hydrogens (primary N) is 1. The Balaban J connectivity index is 1.61. The van der Waals surface area contributed by atoms with E-state index < -0.39 is 5.92 Å². The molecular formula is C21H25F2N5OS. The summed E-state index contributed by atoms with van der Waals surface area (Å²) in [5.74, 6) is -1.87. The van der Waals surface area contributed by atoms with E-state index in [2.05, 4.69) is 15.3 Å². The van der Waals surface area contributed by atoms with Crippen LogP contribution in [0.1, 0.15) is 48.0 Å². The number of carbonyl (C=O) groups is 1. The van der Waals surface area contributed by atoms with E-state index in [1.165, 1.54) is 12.8 Å². The molecule has 0 spiro atoms. The molecule has 30 heavy (non-hydrogen) atoms. The lowest BCUT2D eigenvalue weighted by Crippen LogP contribution is -2.29. The largest absolute Gasteiger partial charge is 0.356 e. The Morgan fingerprint density at radius 3 is 2.87 bits per heavy atom. The smallest absolute Gasteiger partial charge is 0.259 e. The highest BCUT2D eigenvalue weighted by Gasteiger charge is 2.33. The van der Waals surface area contributed by atoms with Gasteiger partial charge in [-0.1, -0.05) is 0 Å². The van der Waals surface area contributed by atoms with Gasteiger partial charge in [-0.15, -0.1) is 0 Å².